The van der Waals surface area contributed by atoms with E-state index in [0.29, 0.717) is 52.4 Å². The van der Waals surface area contributed by atoms with Gasteiger partial charge in [-0.3, -0.25) is 15.0 Å². The van der Waals surface area contributed by atoms with Crippen molar-refractivity contribution in [2.45, 2.75) is 0 Å². The summed E-state index contributed by atoms with van der Waals surface area (Å²) in [5.41, 5.74) is 32.0. The molecule has 0 radical (unpaired) electrons. The average molecular weight is 1690 g/mol. The number of aromatic nitrogens is 12. The van der Waals surface area contributed by atoms with Crippen LogP contribution in [0, 0.1) is 0 Å². The molecule has 22 aromatic rings. The molecular formula is C120H78N12. The lowest BCUT2D eigenvalue weighted by Crippen LogP contribution is -2.00. The molecule has 0 unspecified atom stereocenters. The minimum atomic E-state index is 0.535. The van der Waals surface area contributed by atoms with Crippen LogP contribution >= 0.6 is 0 Å². The van der Waals surface area contributed by atoms with Crippen LogP contribution in [0.1, 0.15) is 0 Å². The highest BCUT2D eigenvalue weighted by molar-refractivity contribution is 6.01. The second kappa shape index (κ2) is 36.2. The maximum absolute atomic E-state index is 5.20. The SMILES string of the molecule is c1ccc(-c2nc(-c3ccccc3)nc(-c3ccc(-c4ccc(-c5ccccc5-c5cc(-c6ccccc6-c6ccc(-c7ccc(-c8nc(-c9ccccc9)nc(-c9ccccc9)n8)cn7)cc6-c6ccccc6)cc(-c6ccccc6-c6ccc(-c7ccc(-c8nc(-c9ccccc9)nc(-c9ccccc9)n8)cn7)cc6-c6ccccc6)c5)c(-c5ccccc5)c4)nc3)n2)cc1. The average Bonchev–Trinajstić information content (AvgIpc) is 0.756. The summed E-state index contributed by atoms with van der Waals surface area (Å²) in [6, 6.07) is 159. The minimum Gasteiger partial charge on any atom is -0.255 e. The lowest BCUT2D eigenvalue weighted by atomic mass is 9.83. The molecule has 12 heteroatoms. The van der Waals surface area contributed by atoms with Gasteiger partial charge in [0.05, 0.1) is 17.1 Å². The molecule has 0 saturated heterocycles. The molecule has 0 N–H and O–H groups in total. The van der Waals surface area contributed by atoms with Gasteiger partial charge >= 0.3 is 0 Å². The maximum Gasteiger partial charge on any atom is 0.165 e. The zero-order chi connectivity index (χ0) is 87.9. The van der Waals surface area contributed by atoms with Crippen molar-refractivity contribution in [3.8, 4) is 236 Å². The minimum absolute atomic E-state index is 0.535. The number of benzene rings is 16. The Morgan fingerprint density at radius 1 is 0.0985 bits per heavy atom. The Bertz CT molecular complexity index is 6990. The van der Waals surface area contributed by atoms with E-state index in [2.05, 4.69) is 273 Å². The molecule has 0 aliphatic heterocycles. The third kappa shape index (κ3) is 16.6. The summed E-state index contributed by atoms with van der Waals surface area (Å²) in [4.78, 5) is 60.7. The van der Waals surface area contributed by atoms with Crippen LogP contribution in [0.15, 0.2) is 474 Å². The zero-order valence-electron chi connectivity index (χ0n) is 71.4. The first-order chi connectivity index (χ1) is 65.4. The second-order valence-corrected chi connectivity index (χ2v) is 32.2. The summed E-state index contributed by atoms with van der Waals surface area (Å²) in [6.07, 6.45) is 5.62. The van der Waals surface area contributed by atoms with Crippen LogP contribution in [0.5, 0.6) is 0 Å². The fraction of sp³-hybridized carbons (Fsp3) is 0. The largest absolute Gasteiger partial charge is 0.255 e. The fourth-order valence-electron chi connectivity index (χ4n) is 17.3. The standard InChI is InChI=1S/C120H78N12/c1-10-34-79(35-11-1)106-73-88(109-67-61-91(76-121-109)118-127-112(82-40-16-4-17-41-82)124-113(128-118)83-42-18-5-19-43-83)58-64-103(106)100-55-31-28-52-97(100)94-70-95(98-53-29-32-56-101(98)104-65-59-89(74-107(104)80-36-12-2-13-37-80)110-68-62-92(77-122-110)119-129-114(84-44-20-6-21-45-84)125-115(130-119)85-46-22-7-23-47-85)72-96(71-94)99-54-30-33-57-102(99)105-66-60-90(75-108(105)81-38-14-3-15-39-81)111-69-63-93(78-123-111)120-131-116(86-48-24-8-25-49-86)126-117(132-120)87-50-26-9-27-51-87/h1-78H. The Morgan fingerprint density at radius 2 is 0.265 bits per heavy atom. The Hall–Kier alpha value is -18.0. The van der Waals surface area contributed by atoms with Gasteiger partial charge in [-0.2, -0.15) is 0 Å². The van der Waals surface area contributed by atoms with Gasteiger partial charge in [0, 0.05) is 85.4 Å². The summed E-state index contributed by atoms with van der Waals surface area (Å²) in [5, 5.41) is 0. The number of nitrogens with zero attached hydrogens (tertiary/aromatic N) is 12. The Balaban J connectivity index is 0.675. The van der Waals surface area contributed by atoms with E-state index in [1.165, 1.54) is 0 Å². The van der Waals surface area contributed by atoms with Gasteiger partial charge in [-0.1, -0.05) is 382 Å². The number of rotatable bonds is 21. The monoisotopic (exact) mass is 1690 g/mol. The number of pyridine rings is 3. The molecule has 0 aliphatic carbocycles. The molecule has 132 heavy (non-hydrogen) atoms. The predicted molar refractivity (Wildman–Crippen MR) is 534 cm³/mol. The molecule has 22 rings (SSSR count). The number of hydrogen-bond donors (Lipinski definition) is 0. The van der Waals surface area contributed by atoms with Crippen molar-refractivity contribution in [2.24, 2.45) is 0 Å². The normalized spacial score (nSPS) is 11.2. The summed E-state index contributed by atoms with van der Waals surface area (Å²) in [5.74, 6) is 5.13. The maximum atomic E-state index is 5.20. The first-order valence-corrected chi connectivity index (χ1v) is 43.9. The van der Waals surface area contributed by atoms with E-state index >= 15 is 0 Å². The molecule has 6 heterocycles. The molecule has 6 aromatic heterocycles. The third-order valence-corrected chi connectivity index (χ3v) is 23.9. The van der Waals surface area contributed by atoms with Gasteiger partial charge in [-0.25, -0.2) is 44.9 Å². The molecule has 0 bridgehead atoms. The van der Waals surface area contributed by atoms with Crippen LogP contribution in [0.25, 0.3) is 236 Å². The highest BCUT2D eigenvalue weighted by Gasteiger charge is 2.25. The first-order valence-electron chi connectivity index (χ1n) is 43.9. The molecular weight excluding hydrogens is 1610 g/mol. The van der Waals surface area contributed by atoms with E-state index in [4.69, 9.17) is 59.8 Å². The van der Waals surface area contributed by atoms with Crippen LogP contribution in [-0.2, 0) is 0 Å². The highest BCUT2D eigenvalue weighted by Crippen LogP contribution is 2.49. The first kappa shape index (κ1) is 79.9. The van der Waals surface area contributed by atoms with Gasteiger partial charge < -0.3 is 0 Å². The predicted octanol–water partition coefficient (Wildman–Crippen LogP) is 29.4. The van der Waals surface area contributed by atoms with E-state index in [0.717, 1.165) is 184 Å². The van der Waals surface area contributed by atoms with E-state index in [9.17, 15) is 0 Å². The van der Waals surface area contributed by atoms with Crippen LogP contribution in [-0.4, -0.2) is 59.8 Å². The molecule has 12 nitrogen and oxygen atoms in total. The summed E-state index contributed by atoms with van der Waals surface area (Å²) < 4.78 is 0. The van der Waals surface area contributed by atoms with E-state index in [-0.39, 0.29) is 0 Å². The van der Waals surface area contributed by atoms with E-state index in [1.54, 1.807) is 0 Å². The van der Waals surface area contributed by atoms with Crippen molar-refractivity contribution in [3.05, 3.63) is 474 Å². The molecule has 618 valence electrons. The van der Waals surface area contributed by atoms with Gasteiger partial charge in [-0.05, 0) is 173 Å². The quantitative estimate of drug-likeness (QED) is 0.0672. The molecule has 0 atom stereocenters. The smallest absolute Gasteiger partial charge is 0.165 e. The van der Waals surface area contributed by atoms with Crippen molar-refractivity contribution < 1.29 is 0 Å². The molecule has 0 saturated carbocycles. The Kier molecular flexibility index (Phi) is 21.9. The lowest BCUT2D eigenvalue weighted by molar-refractivity contribution is 1.07. The van der Waals surface area contributed by atoms with Gasteiger partial charge in [0.15, 0.2) is 52.4 Å². The van der Waals surface area contributed by atoms with Gasteiger partial charge in [-0.15, -0.1) is 0 Å². The van der Waals surface area contributed by atoms with Crippen molar-refractivity contribution in [2.75, 3.05) is 0 Å². The van der Waals surface area contributed by atoms with Crippen molar-refractivity contribution >= 4 is 0 Å². The van der Waals surface area contributed by atoms with E-state index in [1.807, 2.05) is 201 Å². The summed E-state index contributed by atoms with van der Waals surface area (Å²) in [6.45, 7) is 0. The molecule has 16 aromatic carbocycles. The van der Waals surface area contributed by atoms with Crippen LogP contribution in [0.4, 0.5) is 0 Å². The summed E-state index contributed by atoms with van der Waals surface area (Å²) >= 11 is 0. The van der Waals surface area contributed by atoms with Crippen molar-refractivity contribution in [1.29, 1.82) is 0 Å². The van der Waals surface area contributed by atoms with Gasteiger partial charge in [0.25, 0.3) is 0 Å². The lowest BCUT2D eigenvalue weighted by Gasteiger charge is -2.21. The zero-order valence-corrected chi connectivity index (χ0v) is 71.4. The molecule has 0 spiro atoms. The van der Waals surface area contributed by atoms with Crippen LogP contribution < -0.4 is 0 Å². The van der Waals surface area contributed by atoms with Crippen molar-refractivity contribution in [3.63, 3.8) is 0 Å². The molecule has 0 fully saturated rings. The summed E-state index contributed by atoms with van der Waals surface area (Å²) in [7, 11) is 0. The van der Waals surface area contributed by atoms with Crippen LogP contribution in [0.3, 0.4) is 0 Å². The topological polar surface area (TPSA) is 155 Å². The highest BCUT2D eigenvalue weighted by atomic mass is 15.1. The van der Waals surface area contributed by atoms with Crippen molar-refractivity contribution in [1.82, 2.24) is 59.8 Å². The van der Waals surface area contributed by atoms with E-state index < -0.39 is 0 Å². The Morgan fingerprint density at radius 3 is 0.462 bits per heavy atom. The molecule has 0 aliphatic rings. The molecule has 0 amide bonds. The Labute approximate surface area is 764 Å². The van der Waals surface area contributed by atoms with Gasteiger partial charge in [0.2, 0.25) is 0 Å². The third-order valence-electron chi connectivity index (χ3n) is 23.9. The van der Waals surface area contributed by atoms with Crippen LogP contribution in [0.2, 0.25) is 0 Å². The fourth-order valence-corrected chi connectivity index (χ4v) is 17.3. The number of hydrogen-bond acceptors (Lipinski definition) is 12. The second-order valence-electron chi connectivity index (χ2n) is 32.2. The van der Waals surface area contributed by atoms with Gasteiger partial charge in [0.1, 0.15) is 0 Å².